The maximum absolute atomic E-state index is 13.7. The second-order valence-corrected chi connectivity index (χ2v) is 8.49. The van der Waals surface area contributed by atoms with Crippen LogP contribution in [0.2, 0.25) is 0 Å². The molecule has 0 amide bonds. The summed E-state index contributed by atoms with van der Waals surface area (Å²) >= 11 is 0. The molecule has 0 aliphatic carbocycles. The average molecular weight is 532 g/mol. The predicted octanol–water partition coefficient (Wildman–Crippen LogP) is 2.89. The fourth-order valence-electron chi connectivity index (χ4n) is 3.14. The van der Waals surface area contributed by atoms with Crippen LogP contribution in [-0.4, -0.2) is 39.8 Å². The van der Waals surface area contributed by atoms with E-state index in [0.717, 1.165) is 17.7 Å². The first-order chi connectivity index (χ1) is 13.5. The largest absolute Gasteiger partial charge is 0.357 e. The lowest BCUT2D eigenvalue weighted by molar-refractivity contribution is 0.591. The monoisotopic (exact) mass is 532 g/mol. The molecule has 0 atom stereocenters. The fraction of sp³-hybridized carbons (Fsp3) is 0.350. The van der Waals surface area contributed by atoms with Gasteiger partial charge in [-0.25, -0.2) is 17.8 Å². The number of rotatable bonds is 7. The van der Waals surface area contributed by atoms with Gasteiger partial charge in [0, 0.05) is 25.2 Å². The van der Waals surface area contributed by atoms with Gasteiger partial charge in [0.15, 0.2) is 5.96 Å². The van der Waals surface area contributed by atoms with Crippen LogP contribution >= 0.6 is 24.0 Å². The van der Waals surface area contributed by atoms with Crippen molar-refractivity contribution >= 4 is 45.6 Å². The molecule has 29 heavy (non-hydrogen) atoms. The molecule has 0 bridgehead atoms. The number of nitrogens with zero attached hydrogens (tertiary/aromatic N) is 2. The summed E-state index contributed by atoms with van der Waals surface area (Å²) in [5, 5.41) is 6.08. The predicted molar refractivity (Wildman–Crippen MR) is 126 cm³/mol. The number of fused-ring (bicyclic) bond motifs is 1. The van der Waals surface area contributed by atoms with E-state index in [1.54, 1.807) is 18.2 Å². The summed E-state index contributed by atoms with van der Waals surface area (Å²) in [6, 6.07) is 14.0. The Hall–Kier alpha value is -1.88. The third kappa shape index (κ3) is 6.05. The molecular weight excluding hydrogens is 506 g/mol. The summed E-state index contributed by atoms with van der Waals surface area (Å²) < 4.78 is 40.7. The molecule has 158 valence electrons. The Balaban J connectivity index is 0.00000300. The lowest BCUT2D eigenvalue weighted by Gasteiger charge is -2.20. The first-order valence-electron chi connectivity index (χ1n) is 9.35. The van der Waals surface area contributed by atoms with E-state index in [2.05, 4.69) is 15.6 Å². The maximum atomic E-state index is 13.7. The Morgan fingerprint density at radius 2 is 1.86 bits per heavy atom. The summed E-state index contributed by atoms with van der Waals surface area (Å²) in [5.74, 6) is 0.103. The molecule has 1 heterocycles. The molecule has 0 aromatic heterocycles. The molecule has 0 saturated carbocycles. The molecule has 2 aromatic carbocycles. The van der Waals surface area contributed by atoms with Gasteiger partial charge in [-0.2, -0.15) is 0 Å². The van der Waals surface area contributed by atoms with E-state index in [-0.39, 0.29) is 48.6 Å². The van der Waals surface area contributed by atoms with Crippen molar-refractivity contribution in [3.8, 4) is 0 Å². The standard InChI is InChI=1S/C20H25FN4O2S.HI/c1-2-22-20(24-15-17-8-3-5-9-18(17)21)23-12-14-28(26,27)25-13-11-16-7-4-6-10-19(16)25;/h3-10H,2,11-15H2,1H3,(H2,22,23,24);1H. The fourth-order valence-corrected chi connectivity index (χ4v) is 4.57. The second kappa shape index (κ2) is 10.8. The van der Waals surface area contributed by atoms with Crippen molar-refractivity contribution in [3.05, 3.63) is 65.5 Å². The number of aliphatic imine (C=N–C) groups is 1. The van der Waals surface area contributed by atoms with Gasteiger partial charge in [0.25, 0.3) is 0 Å². The Morgan fingerprint density at radius 3 is 2.62 bits per heavy atom. The molecule has 9 heteroatoms. The van der Waals surface area contributed by atoms with Crippen LogP contribution in [0, 0.1) is 5.82 Å². The van der Waals surface area contributed by atoms with Crippen LogP contribution in [-0.2, 0) is 23.0 Å². The minimum absolute atomic E-state index is 0. The van der Waals surface area contributed by atoms with Crippen molar-refractivity contribution in [2.45, 2.75) is 19.9 Å². The topological polar surface area (TPSA) is 73.8 Å². The highest BCUT2D eigenvalue weighted by Crippen LogP contribution is 2.29. The van der Waals surface area contributed by atoms with Gasteiger partial charge in [-0.3, -0.25) is 4.31 Å². The summed E-state index contributed by atoms with van der Waals surface area (Å²) in [6.45, 7) is 3.40. The molecule has 6 nitrogen and oxygen atoms in total. The molecule has 0 unspecified atom stereocenters. The van der Waals surface area contributed by atoms with Gasteiger partial charge in [0.1, 0.15) is 5.82 Å². The summed E-state index contributed by atoms with van der Waals surface area (Å²) in [7, 11) is -3.43. The minimum Gasteiger partial charge on any atom is -0.357 e. The molecular formula is C20H26FIN4O2S. The first-order valence-corrected chi connectivity index (χ1v) is 11.0. The molecule has 0 fully saturated rings. The van der Waals surface area contributed by atoms with Gasteiger partial charge >= 0.3 is 0 Å². The number of halogens is 2. The van der Waals surface area contributed by atoms with Gasteiger partial charge in [-0.1, -0.05) is 36.4 Å². The number of nitrogens with one attached hydrogen (secondary N) is 2. The highest BCUT2D eigenvalue weighted by atomic mass is 127. The Morgan fingerprint density at radius 1 is 1.14 bits per heavy atom. The zero-order valence-electron chi connectivity index (χ0n) is 16.3. The Labute approximate surface area is 188 Å². The van der Waals surface area contributed by atoms with Gasteiger partial charge in [-0.15, -0.1) is 24.0 Å². The molecule has 0 spiro atoms. The second-order valence-electron chi connectivity index (χ2n) is 6.48. The van der Waals surface area contributed by atoms with E-state index in [9.17, 15) is 12.8 Å². The third-order valence-electron chi connectivity index (χ3n) is 4.54. The first kappa shape index (κ1) is 23.4. The molecule has 1 aliphatic heterocycles. The maximum Gasteiger partial charge on any atom is 0.236 e. The Bertz CT molecular complexity index is 953. The molecule has 0 radical (unpaired) electrons. The quantitative estimate of drug-likeness (QED) is 0.327. The number of anilines is 1. The van der Waals surface area contributed by atoms with Crippen LogP contribution in [0.4, 0.5) is 10.1 Å². The lowest BCUT2D eigenvalue weighted by Crippen LogP contribution is -2.42. The third-order valence-corrected chi connectivity index (χ3v) is 6.31. The number of guanidine groups is 1. The van der Waals surface area contributed by atoms with Crippen LogP contribution in [0.15, 0.2) is 53.5 Å². The van der Waals surface area contributed by atoms with Crippen molar-refractivity contribution in [3.63, 3.8) is 0 Å². The average Bonchev–Trinajstić information content (AvgIpc) is 3.12. The van der Waals surface area contributed by atoms with Crippen molar-refractivity contribution in [2.24, 2.45) is 4.99 Å². The van der Waals surface area contributed by atoms with Crippen molar-refractivity contribution in [1.82, 2.24) is 10.6 Å². The highest BCUT2D eigenvalue weighted by molar-refractivity contribution is 14.0. The summed E-state index contributed by atoms with van der Waals surface area (Å²) in [5.41, 5.74) is 2.31. The number of para-hydroxylation sites is 1. The Kier molecular flexibility index (Phi) is 8.69. The van der Waals surface area contributed by atoms with Gasteiger partial charge in [0.05, 0.1) is 18.0 Å². The molecule has 2 aromatic rings. The molecule has 1 aliphatic rings. The number of hydrogen-bond donors (Lipinski definition) is 2. The lowest BCUT2D eigenvalue weighted by atomic mass is 10.2. The van der Waals surface area contributed by atoms with E-state index in [1.807, 2.05) is 31.2 Å². The number of sulfonamides is 1. The normalized spacial score (nSPS) is 13.6. The van der Waals surface area contributed by atoms with E-state index >= 15 is 0 Å². The van der Waals surface area contributed by atoms with Crippen LogP contribution in [0.5, 0.6) is 0 Å². The van der Waals surface area contributed by atoms with Crippen LogP contribution in [0.25, 0.3) is 0 Å². The molecule has 3 rings (SSSR count). The molecule has 2 N–H and O–H groups in total. The van der Waals surface area contributed by atoms with Crippen LogP contribution in [0.1, 0.15) is 18.1 Å². The summed E-state index contributed by atoms with van der Waals surface area (Å²) in [6.07, 6.45) is 0.732. The number of hydrogen-bond acceptors (Lipinski definition) is 3. The van der Waals surface area contributed by atoms with Crippen LogP contribution < -0.4 is 14.9 Å². The zero-order chi connectivity index (χ0) is 20.0. The van der Waals surface area contributed by atoms with E-state index in [4.69, 9.17) is 0 Å². The van der Waals surface area contributed by atoms with E-state index < -0.39 is 10.0 Å². The SMILES string of the molecule is CCNC(=NCc1ccccc1F)NCCS(=O)(=O)N1CCc2ccccc21.I. The van der Waals surface area contributed by atoms with Crippen molar-refractivity contribution < 1.29 is 12.8 Å². The van der Waals surface area contributed by atoms with Gasteiger partial charge < -0.3 is 10.6 Å². The smallest absolute Gasteiger partial charge is 0.236 e. The van der Waals surface area contributed by atoms with Crippen molar-refractivity contribution in [1.29, 1.82) is 0 Å². The highest BCUT2D eigenvalue weighted by Gasteiger charge is 2.28. The van der Waals surface area contributed by atoms with Gasteiger partial charge in [0.2, 0.25) is 10.0 Å². The van der Waals surface area contributed by atoms with E-state index in [0.29, 0.717) is 24.6 Å². The van der Waals surface area contributed by atoms with Crippen LogP contribution in [0.3, 0.4) is 0 Å². The summed E-state index contributed by atoms with van der Waals surface area (Å²) in [4.78, 5) is 4.34. The number of benzene rings is 2. The minimum atomic E-state index is -3.43. The zero-order valence-corrected chi connectivity index (χ0v) is 19.4. The van der Waals surface area contributed by atoms with Gasteiger partial charge in [-0.05, 0) is 31.0 Å². The molecule has 0 saturated heterocycles. The van der Waals surface area contributed by atoms with Crippen molar-refractivity contribution in [2.75, 3.05) is 29.7 Å². The van der Waals surface area contributed by atoms with E-state index in [1.165, 1.54) is 10.4 Å².